The second kappa shape index (κ2) is 6.10. The summed E-state index contributed by atoms with van der Waals surface area (Å²) in [5, 5.41) is 8.91. The first-order valence-electron chi connectivity index (χ1n) is 6.27. The molecule has 5 nitrogen and oxygen atoms in total. The summed E-state index contributed by atoms with van der Waals surface area (Å²) in [4.78, 5) is 0.0475. The maximum absolute atomic E-state index is 12.2. The first-order valence-corrected chi connectivity index (χ1v) is 8.14. The van der Waals surface area contributed by atoms with Crippen LogP contribution in [-0.4, -0.2) is 27.2 Å². The number of sulfonamides is 1. The van der Waals surface area contributed by atoms with Gasteiger partial charge >= 0.3 is 0 Å². The Kier molecular flexibility index (Phi) is 4.66. The normalized spacial score (nSPS) is 20.6. The SMILES string of the molecule is CC(NS(=O)(=O)c1ccc(C#N)c(Cl)c1)C1CCCO1. The van der Waals surface area contributed by atoms with Crippen molar-refractivity contribution in [3.63, 3.8) is 0 Å². The van der Waals surface area contributed by atoms with E-state index in [1.54, 1.807) is 6.92 Å². The van der Waals surface area contributed by atoms with Gasteiger partial charge in [-0.3, -0.25) is 0 Å². The van der Waals surface area contributed by atoms with E-state index in [2.05, 4.69) is 4.72 Å². The van der Waals surface area contributed by atoms with E-state index in [9.17, 15) is 8.42 Å². The highest BCUT2D eigenvalue weighted by molar-refractivity contribution is 7.89. The average molecular weight is 315 g/mol. The number of ether oxygens (including phenoxy) is 1. The quantitative estimate of drug-likeness (QED) is 0.922. The Balaban J connectivity index is 2.18. The van der Waals surface area contributed by atoms with Crippen LogP contribution in [0.2, 0.25) is 5.02 Å². The van der Waals surface area contributed by atoms with Gasteiger partial charge in [-0.25, -0.2) is 13.1 Å². The number of benzene rings is 1. The minimum Gasteiger partial charge on any atom is -0.377 e. The molecule has 108 valence electrons. The smallest absolute Gasteiger partial charge is 0.240 e. The predicted molar refractivity (Wildman–Crippen MR) is 74.9 cm³/mol. The molecule has 0 bridgehead atoms. The van der Waals surface area contributed by atoms with E-state index in [4.69, 9.17) is 21.6 Å². The standard InChI is InChI=1S/C13H15ClN2O3S/c1-9(13-3-2-6-19-13)16-20(17,18)11-5-4-10(8-15)12(14)7-11/h4-5,7,9,13,16H,2-3,6H2,1H3. The largest absolute Gasteiger partial charge is 0.377 e. The maximum atomic E-state index is 12.2. The summed E-state index contributed by atoms with van der Waals surface area (Å²) in [6.07, 6.45) is 1.69. The van der Waals surface area contributed by atoms with Gasteiger partial charge in [-0.15, -0.1) is 0 Å². The first kappa shape index (κ1) is 15.3. The van der Waals surface area contributed by atoms with Crippen molar-refractivity contribution in [3.8, 4) is 6.07 Å². The van der Waals surface area contributed by atoms with Crippen LogP contribution in [0.15, 0.2) is 23.1 Å². The minimum absolute atomic E-state index is 0.0475. The van der Waals surface area contributed by atoms with Crippen molar-refractivity contribution in [1.82, 2.24) is 4.72 Å². The van der Waals surface area contributed by atoms with Gasteiger partial charge in [0, 0.05) is 12.6 Å². The van der Waals surface area contributed by atoms with Crippen molar-refractivity contribution in [2.24, 2.45) is 0 Å². The number of nitriles is 1. The van der Waals surface area contributed by atoms with Gasteiger partial charge in [0.15, 0.2) is 0 Å². The average Bonchev–Trinajstić information content (AvgIpc) is 2.92. The lowest BCUT2D eigenvalue weighted by atomic mass is 10.1. The van der Waals surface area contributed by atoms with Crippen LogP contribution in [0, 0.1) is 11.3 Å². The van der Waals surface area contributed by atoms with Crippen molar-refractivity contribution < 1.29 is 13.2 Å². The number of halogens is 1. The number of hydrogen-bond acceptors (Lipinski definition) is 4. The Morgan fingerprint density at radius 3 is 2.85 bits per heavy atom. The molecule has 0 aliphatic carbocycles. The van der Waals surface area contributed by atoms with Crippen LogP contribution in [0.5, 0.6) is 0 Å². The maximum Gasteiger partial charge on any atom is 0.240 e. The molecule has 1 fully saturated rings. The number of rotatable bonds is 4. The van der Waals surface area contributed by atoms with E-state index in [0.717, 1.165) is 12.8 Å². The van der Waals surface area contributed by atoms with Crippen LogP contribution in [0.4, 0.5) is 0 Å². The molecule has 1 N–H and O–H groups in total. The van der Waals surface area contributed by atoms with Gasteiger partial charge in [-0.1, -0.05) is 11.6 Å². The Morgan fingerprint density at radius 2 is 2.30 bits per heavy atom. The van der Waals surface area contributed by atoms with Crippen LogP contribution in [-0.2, 0) is 14.8 Å². The summed E-state index contributed by atoms with van der Waals surface area (Å²) >= 11 is 5.86. The van der Waals surface area contributed by atoms with Crippen LogP contribution in [0.25, 0.3) is 0 Å². The van der Waals surface area contributed by atoms with Gasteiger partial charge in [-0.2, -0.15) is 5.26 Å². The van der Waals surface area contributed by atoms with E-state index in [0.29, 0.717) is 6.61 Å². The van der Waals surface area contributed by atoms with Crippen molar-refractivity contribution in [2.45, 2.75) is 36.8 Å². The van der Waals surface area contributed by atoms with E-state index < -0.39 is 10.0 Å². The summed E-state index contributed by atoms with van der Waals surface area (Å²) in [5.41, 5.74) is 0.248. The number of nitrogens with one attached hydrogen (secondary N) is 1. The zero-order valence-corrected chi connectivity index (χ0v) is 12.5. The molecule has 0 spiro atoms. The van der Waals surface area contributed by atoms with Gasteiger partial charge in [0.1, 0.15) is 6.07 Å². The lowest BCUT2D eigenvalue weighted by Crippen LogP contribution is -2.40. The number of nitrogens with zero attached hydrogens (tertiary/aromatic N) is 1. The van der Waals surface area contributed by atoms with Crippen LogP contribution in [0.3, 0.4) is 0 Å². The molecule has 0 amide bonds. The van der Waals surface area contributed by atoms with Gasteiger partial charge in [0.05, 0.1) is 21.6 Å². The third kappa shape index (κ3) is 3.30. The molecule has 1 aromatic carbocycles. The second-order valence-corrected chi connectivity index (χ2v) is 6.84. The zero-order valence-electron chi connectivity index (χ0n) is 11.0. The van der Waals surface area contributed by atoms with Crippen molar-refractivity contribution >= 4 is 21.6 Å². The molecule has 2 rings (SSSR count). The van der Waals surface area contributed by atoms with E-state index in [-0.39, 0.29) is 27.6 Å². The fourth-order valence-electron chi connectivity index (χ4n) is 2.14. The Morgan fingerprint density at radius 1 is 1.55 bits per heavy atom. The third-order valence-corrected chi connectivity index (χ3v) is 5.10. The highest BCUT2D eigenvalue weighted by atomic mass is 35.5. The third-order valence-electron chi connectivity index (χ3n) is 3.23. The molecule has 1 aliphatic rings. The van der Waals surface area contributed by atoms with Gasteiger partial charge in [0.25, 0.3) is 0 Å². The lowest BCUT2D eigenvalue weighted by molar-refractivity contribution is 0.0902. The van der Waals surface area contributed by atoms with Crippen molar-refractivity contribution in [1.29, 1.82) is 5.26 Å². The second-order valence-electron chi connectivity index (χ2n) is 4.71. The molecule has 0 aromatic heterocycles. The molecule has 2 atom stereocenters. The molecule has 0 radical (unpaired) electrons. The summed E-state index contributed by atoms with van der Waals surface area (Å²) < 4.78 is 32.5. The van der Waals surface area contributed by atoms with Gasteiger partial charge < -0.3 is 4.74 Å². The zero-order chi connectivity index (χ0) is 14.8. The van der Waals surface area contributed by atoms with Crippen LogP contribution in [0.1, 0.15) is 25.3 Å². The molecule has 1 aliphatic heterocycles. The molecule has 1 saturated heterocycles. The van der Waals surface area contributed by atoms with E-state index >= 15 is 0 Å². The van der Waals surface area contributed by atoms with E-state index in [1.165, 1.54) is 18.2 Å². The summed E-state index contributed by atoms with van der Waals surface area (Å²) in [7, 11) is -3.67. The van der Waals surface area contributed by atoms with Crippen LogP contribution >= 0.6 is 11.6 Å². The molecular formula is C13H15ClN2O3S. The van der Waals surface area contributed by atoms with Crippen LogP contribution < -0.4 is 4.72 Å². The fraction of sp³-hybridized carbons (Fsp3) is 0.462. The molecular weight excluding hydrogens is 300 g/mol. The summed E-state index contributed by atoms with van der Waals surface area (Å²) in [5.74, 6) is 0. The molecule has 20 heavy (non-hydrogen) atoms. The highest BCUT2D eigenvalue weighted by Gasteiger charge is 2.27. The molecule has 0 saturated carbocycles. The Labute approximate surface area is 123 Å². The molecule has 7 heteroatoms. The monoisotopic (exact) mass is 314 g/mol. The van der Waals surface area contributed by atoms with E-state index in [1.807, 2.05) is 6.07 Å². The number of hydrogen-bond donors (Lipinski definition) is 1. The fourth-order valence-corrected chi connectivity index (χ4v) is 3.72. The van der Waals surface area contributed by atoms with Gasteiger partial charge in [0.2, 0.25) is 10.0 Å². The molecule has 1 heterocycles. The topological polar surface area (TPSA) is 79.2 Å². The Bertz CT molecular complexity index is 634. The first-order chi connectivity index (χ1) is 9.44. The summed E-state index contributed by atoms with van der Waals surface area (Å²) in [6.45, 7) is 2.44. The summed E-state index contributed by atoms with van der Waals surface area (Å²) in [6, 6.07) is 5.63. The lowest BCUT2D eigenvalue weighted by Gasteiger charge is -2.20. The van der Waals surface area contributed by atoms with Gasteiger partial charge in [-0.05, 0) is 38.0 Å². The highest BCUT2D eigenvalue weighted by Crippen LogP contribution is 2.22. The molecule has 1 aromatic rings. The predicted octanol–water partition coefficient (Wildman–Crippen LogP) is 2.06. The molecule has 2 unspecified atom stereocenters. The Hall–Kier alpha value is -1.13. The van der Waals surface area contributed by atoms with Crippen molar-refractivity contribution in [3.05, 3.63) is 28.8 Å². The van der Waals surface area contributed by atoms with Crippen molar-refractivity contribution in [2.75, 3.05) is 6.61 Å². The minimum atomic E-state index is -3.67.